The number of aliphatic imine (C=N–C) groups is 2. The minimum Gasteiger partial charge on any atom is -0.314 e. The summed E-state index contributed by atoms with van der Waals surface area (Å²) in [6, 6.07) is 0. The van der Waals surface area contributed by atoms with Gasteiger partial charge in [-0.3, -0.25) is 19.8 Å². The molecule has 2 heterocycles. The first-order valence-electron chi connectivity index (χ1n) is 14.4. The molecule has 10 heteroatoms. The third-order valence-corrected chi connectivity index (χ3v) is 6.83. The summed E-state index contributed by atoms with van der Waals surface area (Å²) >= 11 is 0. The van der Waals surface area contributed by atoms with Crippen LogP contribution in [-0.4, -0.2) is 131 Å². The van der Waals surface area contributed by atoms with Gasteiger partial charge in [-0.1, -0.05) is 0 Å². The van der Waals surface area contributed by atoms with Crippen LogP contribution in [0.25, 0.3) is 0 Å². The lowest BCUT2D eigenvalue weighted by atomic mass is 9.98. The minimum atomic E-state index is 0.0611. The van der Waals surface area contributed by atoms with Crippen LogP contribution in [0.5, 0.6) is 0 Å². The molecule has 0 atom stereocenters. The lowest BCUT2D eigenvalue weighted by molar-refractivity contribution is 0.116. The predicted molar refractivity (Wildman–Crippen MR) is 159 cm³/mol. The molecule has 0 saturated carbocycles. The van der Waals surface area contributed by atoms with E-state index in [1.165, 1.54) is 11.4 Å². The second kappa shape index (κ2) is 17.6. The summed E-state index contributed by atoms with van der Waals surface area (Å²) in [4.78, 5) is 14.6. The molecule has 10 nitrogen and oxygen atoms in total. The number of rotatable bonds is 2. The van der Waals surface area contributed by atoms with Gasteiger partial charge in [0.1, 0.15) is 0 Å². The van der Waals surface area contributed by atoms with Gasteiger partial charge in [-0.25, -0.2) is 0 Å². The Morgan fingerprint density at radius 2 is 1.03 bits per heavy atom. The Morgan fingerprint density at radius 1 is 0.595 bits per heavy atom. The van der Waals surface area contributed by atoms with Crippen LogP contribution < -0.4 is 31.9 Å². The van der Waals surface area contributed by atoms with Crippen molar-refractivity contribution in [1.29, 1.82) is 0 Å². The molecule has 2 aliphatic rings. The van der Waals surface area contributed by atoms with Gasteiger partial charge in [-0.05, 0) is 41.5 Å². The summed E-state index contributed by atoms with van der Waals surface area (Å²) in [5.74, 6) is 0. The van der Waals surface area contributed by atoms with Crippen molar-refractivity contribution in [2.24, 2.45) is 9.98 Å². The van der Waals surface area contributed by atoms with E-state index < -0.39 is 0 Å². The van der Waals surface area contributed by atoms with E-state index in [1.54, 1.807) is 0 Å². The molecule has 2 aliphatic heterocycles. The van der Waals surface area contributed by atoms with E-state index in [1.807, 2.05) is 0 Å². The normalized spacial score (nSPS) is 26.0. The van der Waals surface area contributed by atoms with Gasteiger partial charge in [0.05, 0.1) is 19.8 Å². The number of nitrogens with zero attached hydrogens (tertiary/aromatic N) is 4. The van der Waals surface area contributed by atoms with Crippen molar-refractivity contribution >= 4 is 11.4 Å². The van der Waals surface area contributed by atoms with Crippen molar-refractivity contribution < 1.29 is 0 Å². The van der Waals surface area contributed by atoms with Crippen molar-refractivity contribution in [3.63, 3.8) is 0 Å². The third-order valence-electron chi connectivity index (χ3n) is 6.83. The highest BCUT2D eigenvalue weighted by atomic mass is 15.4. The first-order valence-corrected chi connectivity index (χ1v) is 14.4. The van der Waals surface area contributed by atoms with Crippen molar-refractivity contribution in [2.75, 3.05) is 98.5 Å². The SMILES string of the molecule is CC1=NCCNCCN(CN2CCNCCN=C(C)CC(C)(C)NCCNC2)CNCCNC(C)(C)C1. The molecule has 0 spiro atoms. The van der Waals surface area contributed by atoms with Gasteiger partial charge < -0.3 is 31.9 Å². The first kappa shape index (κ1) is 32.2. The minimum absolute atomic E-state index is 0.0611. The topological polar surface area (TPSA) is 103 Å². The lowest BCUT2D eigenvalue weighted by Crippen LogP contribution is -2.51. The van der Waals surface area contributed by atoms with Gasteiger partial charge in [-0.15, -0.1) is 0 Å². The Morgan fingerprint density at radius 3 is 1.46 bits per heavy atom. The number of hydrogen-bond donors (Lipinski definition) is 6. The van der Waals surface area contributed by atoms with E-state index in [0.717, 1.165) is 111 Å². The Balaban J connectivity index is 1.92. The fraction of sp³-hybridized carbons (Fsp3) is 0.926. The maximum Gasteiger partial charge on any atom is 0.0530 e. The van der Waals surface area contributed by atoms with Crippen LogP contribution >= 0.6 is 0 Å². The highest BCUT2D eigenvalue weighted by Crippen LogP contribution is 2.10. The molecule has 0 aromatic carbocycles. The third kappa shape index (κ3) is 15.9. The van der Waals surface area contributed by atoms with E-state index in [2.05, 4.69) is 83.2 Å². The van der Waals surface area contributed by atoms with Crippen LogP contribution in [0.3, 0.4) is 0 Å². The quantitative estimate of drug-likeness (QED) is 0.308. The predicted octanol–water partition coefficient (Wildman–Crippen LogP) is 0.287. The van der Waals surface area contributed by atoms with Crippen LogP contribution in [0.15, 0.2) is 9.98 Å². The molecule has 0 radical (unpaired) electrons. The van der Waals surface area contributed by atoms with Crippen molar-refractivity contribution in [3.05, 3.63) is 0 Å². The molecule has 0 saturated heterocycles. The van der Waals surface area contributed by atoms with Crippen LogP contribution in [0.1, 0.15) is 54.4 Å². The molecule has 0 aliphatic carbocycles. The van der Waals surface area contributed by atoms with E-state index >= 15 is 0 Å². The standard InChI is InChI=1S/C27H58N10/c1-24-19-26(3,4)34-13-9-30-21-36(17-15-28-7-11-32-24)23-37-18-16-29-8-12-33-25(2)20-27(5,6)35-14-10-31-22-37/h28-31,34-35H,7-23H2,1-6H3. The smallest absolute Gasteiger partial charge is 0.0530 e. The molecule has 0 aromatic heterocycles. The van der Waals surface area contributed by atoms with E-state index in [4.69, 9.17) is 9.98 Å². The second-order valence-electron chi connectivity index (χ2n) is 12.0. The molecular formula is C27H58N10. The molecule has 37 heavy (non-hydrogen) atoms. The van der Waals surface area contributed by atoms with Crippen LogP contribution in [-0.2, 0) is 0 Å². The van der Waals surface area contributed by atoms with Crippen molar-refractivity contribution in [2.45, 2.75) is 65.5 Å². The van der Waals surface area contributed by atoms with Crippen LogP contribution in [0, 0.1) is 0 Å². The summed E-state index contributed by atoms with van der Waals surface area (Å²) in [7, 11) is 0. The monoisotopic (exact) mass is 522 g/mol. The molecule has 0 bridgehead atoms. The molecule has 2 rings (SSSR count). The summed E-state index contributed by atoms with van der Waals surface area (Å²) in [5.41, 5.74) is 2.57. The molecule has 0 unspecified atom stereocenters. The zero-order valence-corrected chi connectivity index (χ0v) is 24.8. The summed E-state index contributed by atoms with van der Waals surface area (Å²) in [6.07, 6.45) is 1.96. The van der Waals surface area contributed by atoms with Gasteiger partial charge in [-0.2, -0.15) is 0 Å². The number of hydrogen-bond acceptors (Lipinski definition) is 10. The van der Waals surface area contributed by atoms with Gasteiger partial charge in [0.2, 0.25) is 0 Å². The molecule has 0 amide bonds. The second-order valence-corrected chi connectivity index (χ2v) is 12.0. The molecular weight excluding hydrogens is 464 g/mol. The largest absolute Gasteiger partial charge is 0.314 e. The molecule has 0 aromatic rings. The van der Waals surface area contributed by atoms with E-state index in [-0.39, 0.29) is 11.1 Å². The zero-order chi connectivity index (χ0) is 27.0. The molecule has 6 N–H and O–H groups in total. The van der Waals surface area contributed by atoms with Gasteiger partial charge in [0.25, 0.3) is 0 Å². The van der Waals surface area contributed by atoms with Gasteiger partial charge in [0, 0.05) is 114 Å². The summed E-state index contributed by atoms with van der Waals surface area (Å²) in [6.45, 7) is 27.3. The van der Waals surface area contributed by atoms with Gasteiger partial charge >= 0.3 is 0 Å². The fourth-order valence-corrected chi connectivity index (χ4v) is 5.03. The Hall–Kier alpha value is -0.980. The fourth-order valence-electron chi connectivity index (χ4n) is 5.03. The van der Waals surface area contributed by atoms with Crippen LogP contribution in [0.2, 0.25) is 0 Å². The lowest BCUT2D eigenvalue weighted by Gasteiger charge is -2.32. The maximum atomic E-state index is 4.77. The van der Waals surface area contributed by atoms with E-state index in [9.17, 15) is 0 Å². The summed E-state index contributed by atoms with van der Waals surface area (Å²) in [5, 5.41) is 21.9. The van der Waals surface area contributed by atoms with E-state index in [0.29, 0.717) is 0 Å². The molecule has 0 fully saturated rings. The molecule has 216 valence electrons. The Labute approximate surface area is 227 Å². The summed E-state index contributed by atoms with van der Waals surface area (Å²) < 4.78 is 0. The van der Waals surface area contributed by atoms with Crippen LogP contribution in [0.4, 0.5) is 0 Å². The highest BCUT2D eigenvalue weighted by molar-refractivity contribution is 5.83. The average Bonchev–Trinajstić information content (AvgIpc) is 2.81. The Kier molecular flexibility index (Phi) is 15.3. The average molecular weight is 523 g/mol. The maximum absolute atomic E-state index is 4.77. The van der Waals surface area contributed by atoms with Crippen molar-refractivity contribution in [3.8, 4) is 0 Å². The number of nitrogens with one attached hydrogen (secondary N) is 6. The highest BCUT2D eigenvalue weighted by Gasteiger charge is 2.19. The first-order chi connectivity index (χ1) is 17.7. The van der Waals surface area contributed by atoms with Gasteiger partial charge in [0.15, 0.2) is 0 Å². The van der Waals surface area contributed by atoms with Crippen molar-refractivity contribution in [1.82, 2.24) is 41.7 Å². The zero-order valence-electron chi connectivity index (χ0n) is 24.8. The Bertz CT molecular complexity index is 620.